The van der Waals surface area contributed by atoms with Crippen molar-refractivity contribution in [3.8, 4) is 0 Å². The van der Waals surface area contributed by atoms with Crippen molar-refractivity contribution in [2.24, 2.45) is 0 Å². The number of carbonyl (C=O) groups is 1. The number of amides is 1. The summed E-state index contributed by atoms with van der Waals surface area (Å²) in [6.07, 6.45) is 60.7. The standard InChI is InChI=1S/C48H87NO3/c1-3-5-7-9-11-13-14-15-16-17-18-19-20-21-22-23-24-25-26-27-28-29-30-31-32-33-34-36-38-40-42-44-48(52)49-46(45-50)47(51)43-41-39-37-35-12-10-8-6-4-2/h12,14-15,17-18,20-21,35,41,43,46-47,50-51H,3-11,13,16,19,22-34,36-40,42,44-45H2,1-2H3,(H,49,52)/b15-14-,18-17-,21-20-,35-12+,43-41+. The Balaban J connectivity index is 3.48. The molecule has 0 aromatic rings. The number of hydrogen-bond donors (Lipinski definition) is 3. The molecule has 0 aromatic heterocycles. The van der Waals surface area contributed by atoms with Gasteiger partial charge in [0.15, 0.2) is 0 Å². The molecule has 0 heterocycles. The van der Waals surface area contributed by atoms with Crippen molar-refractivity contribution in [3.05, 3.63) is 60.8 Å². The minimum absolute atomic E-state index is 0.0779. The number of aliphatic hydroxyl groups is 2. The Morgan fingerprint density at radius 1 is 0.462 bits per heavy atom. The van der Waals surface area contributed by atoms with Crippen LogP contribution in [-0.4, -0.2) is 34.9 Å². The van der Waals surface area contributed by atoms with Crippen LogP contribution in [0.15, 0.2) is 60.8 Å². The zero-order valence-corrected chi connectivity index (χ0v) is 34.6. The first-order valence-electron chi connectivity index (χ1n) is 22.5. The Bertz CT molecular complexity index is 873. The van der Waals surface area contributed by atoms with Crippen LogP contribution < -0.4 is 5.32 Å². The highest BCUT2D eigenvalue weighted by atomic mass is 16.3. The van der Waals surface area contributed by atoms with E-state index in [0.29, 0.717) is 6.42 Å². The average Bonchev–Trinajstić information content (AvgIpc) is 3.15. The highest BCUT2D eigenvalue weighted by Crippen LogP contribution is 2.15. The topological polar surface area (TPSA) is 69.6 Å². The van der Waals surface area contributed by atoms with Crippen LogP contribution >= 0.6 is 0 Å². The first-order valence-corrected chi connectivity index (χ1v) is 22.5. The van der Waals surface area contributed by atoms with Crippen LogP contribution in [0.4, 0.5) is 0 Å². The van der Waals surface area contributed by atoms with Crippen molar-refractivity contribution in [2.45, 2.75) is 231 Å². The number of nitrogens with one attached hydrogen (secondary N) is 1. The molecule has 4 heteroatoms. The third-order valence-electron chi connectivity index (χ3n) is 9.97. The molecule has 0 fully saturated rings. The largest absolute Gasteiger partial charge is 0.394 e. The van der Waals surface area contributed by atoms with E-state index in [4.69, 9.17) is 0 Å². The van der Waals surface area contributed by atoms with Crippen LogP contribution in [0.3, 0.4) is 0 Å². The summed E-state index contributed by atoms with van der Waals surface area (Å²) in [5.74, 6) is -0.0779. The minimum atomic E-state index is -0.860. The van der Waals surface area contributed by atoms with Gasteiger partial charge in [-0.1, -0.05) is 203 Å². The number of aliphatic hydroxyl groups excluding tert-OH is 2. The van der Waals surface area contributed by atoms with Gasteiger partial charge in [0.05, 0.1) is 18.8 Å². The van der Waals surface area contributed by atoms with Crippen molar-refractivity contribution in [2.75, 3.05) is 6.61 Å². The van der Waals surface area contributed by atoms with Crippen LogP contribution in [-0.2, 0) is 4.79 Å². The molecule has 0 radical (unpaired) electrons. The van der Waals surface area contributed by atoms with Gasteiger partial charge >= 0.3 is 0 Å². The van der Waals surface area contributed by atoms with Gasteiger partial charge in [-0.15, -0.1) is 0 Å². The molecule has 0 spiro atoms. The van der Waals surface area contributed by atoms with Gasteiger partial charge in [-0.3, -0.25) is 4.79 Å². The van der Waals surface area contributed by atoms with Crippen LogP contribution in [0.5, 0.6) is 0 Å². The molecule has 52 heavy (non-hydrogen) atoms. The van der Waals surface area contributed by atoms with E-state index in [0.717, 1.165) is 44.9 Å². The Hall–Kier alpha value is -1.91. The van der Waals surface area contributed by atoms with Gasteiger partial charge < -0.3 is 15.5 Å². The summed E-state index contributed by atoms with van der Waals surface area (Å²) in [7, 11) is 0. The van der Waals surface area contributed by atoms with Crippen molar-refractivity contribution in [1.82, 2.24) is 5.32 Å². The van der Waals surface area contributed by atoms with Gasteiger partial charge in [-0.2, -0.15) is 0 Å². The van der Waals surface area contributed by atoms with Crippen molar-refractivity contribution in [3.63, 3.8) is 0 Å². The number of allylic oxidation sites excluding steroid dienone is 9. The molecule has 2 unspecified atom stereocenters. The first-order chi connectivity index (χ1) is 25.7. The lowest BCUT2D eigenvalue weighted by Crippen LogP contribution is -2.45. The van der Waals surface area contributed by atoms with Crippen molar-refractivity contribution >= 4 is 5.91 Å². The van der Waals surface area contributed by atoms with Gasteiger partial charge in [0, 0.05) is 6.42 Å². The lowest BCUT2D eigenvalue weighted by molar-refractivity contribution is -0.123. The number of hydrogen-bond acceptors (Lipinski definition) is 3. The van der Waals surface area contributed by atoms with E-state index in [1.807, 2.05) is 6.08 Å². The minimum Gasteiger partial charge on any atom is -0.394 e. The highest BCUT2D eigenvalue weighted by Gasteiger charge is 2.17. The van der Waals surface area contributed by atoms with E-state index < -0.39 is 12.1 Å². The number of carbonyl (C=O) groups excluding carboxylic acids is 1. The molecule has 4 nitrogen and oxygen atoms in total. The second kappa shape index (κ2) is 43.5. The lowest BCUT2D eigenvalue weighted by atomic mass is 10.0. The van der Waals surface area contributed by atoms with Crippen LogP contribution in [0.25, 0.3) is 0 Å². The Morgan fingerprint density at radius 2 is 0.808 bits per heavy atom. The predicted octanol–water partition coefficient (Wildman–Crippen LogP) is 14.1. The highest BCUT2D eigenvalue weighted by molar-refractivity contribution is 5.76. The molecule has 0 rings (SSSR count). The second-order valence-electron chi connectivity index (χ2n) is 15.1. The van der Waals surface area contributed by atoms with Crippen LogP contribution in [0.2, 0.25) is 0 Å². The predicted molar refractivity (Wildman–Crippen MR) is 230 cm³/mol. The number of unbranched alkanes of at least 4 members (excludes halogenated alkanes) is 25. The zero-order chi connectivity index (χ0) is 37.8. The van der Waals surface area contributed by atoms with Crippen LogP contribution in [0, 0.1) is 0 Å². The molecule has 0 saturated carbocycles. The zero-order valence-electron chi connectivity index (χ0n) is 34.6. The maximum absolute atomic E-state index is 12.3. The van der Waals surface area contributed by atoms with Gasteiger partial charge in [0.1, 0.15) is 0 Å². The monoisotopic (exact) mass is 726 g/mol. The fourth-order valence-electron chi connectivity index (χ4n) is 6.49. The lowest BCUT2D eigenvalue weighted by Gasteiger charge is -2.19. The maximum atomic E-state index is 12.3. The normalized spacial score (nSPS) is 13.5. The van der Waals surface area contributed by atoms with Crippen molar-refractivity contribution < 1.29 is 15.0 Å². The summed E-state index contributed by atoms with van der Waals surface area (Å²) in [5.41, 5.74) is 0. The van der Waals surface area contributed by atoms with E-state index in [1.165, 1.54) is 154 Å². The van der Waals surface area contributed by atoms with Gasteiger partial charge in [0.25, 0.3) is 0 Å². The average molecular weight is 726 g/mol. The van der Waals surface area contributed by atoms with E-state index >= 15 is 0 Å². The molecule has 0 aliphatic heterocycles. The summed E-state index contributed by atoms with van der Waals surface area (Å²) in [4.78, 5) is 12.3. The third kappa shape index (κ3) is 39.3. The summed E-state index contributed by atoms with van der Waals surface area (Å²) < 4.78 is 0. The smallest absolute Gasteiger partial charge is 0.220 e. The summed E-state index contributed by atoms with van der Waals surface area (Å²) in [5, 5.41) is 22.8. The summed E-state index contributed by atoms with van der Waals surface area (Å²) in [6.45, 7) is 4.23. The fourth-order valence-corrected chi connectivity index (χ4v) is 6.49. The SMILES string of the molecule is CCCCC/C=C/CC/C=C/C(O)C(CO)NC(=O)CCCCCCCCCCCCCCCCCC/C=C\C/C=C\C/C=C\CCCCCCC. The number of rotatable bonds is 40. The van der Waals surface area contributed by atoms with E-state index in [2.05, 4.69) is 67.8 Å². The molecule has 0 aromatic carbocycles. The van der Waals surface area contributed by atoms with Gasteiger partial charge in [-0.05, 0) is 70.6 Å². The quantitative estimate of drug-likeness (QED) is 0.0435. The van der Waals surface area contributed by atoms with Crippen LogP contribution in [0.1, 0.15) is 219 Å². The third-order valence-corrected chi connectivity index (χ3v) is 9.97. The second-order valence-corrected chi connectivity index (χ2v) is 15.1. The molecule has 0 aliphatic carbocycles. The van der Waals surface area contributed by atoms with E-state index in [1.54, 1.807) is 6.08 Å². The Morgan fingerprint density at radius 3 is 1.29 bits per heavy atom. The molecule has 0 saturated heterocycles. The molecule has 0 bridgehead atoms. The fraction of sp³-hybridized carbons (Fsp3) is 0.771. The Kier molecular flexibility index (Phi) is 41.9. The molecule has 0 aliphatic rings. The Labute approximate surface area is 324 Å². The molecular formula is C48H87NO3. The maximum Gasteiger partial charge on any atom is 0.220 e. The molecule has 1 amide bonds. The van der Waals surface area contributed by atoms with Crippen molar-refractivity contribution in [1.29, 1.82) is 0 Å². The first kappa shape index (κ1) is 50.1. The molecule has 3 N–H and O–H groups in total. The molecule has 302 valence electrons. The van der Waals surface area contributed by atoms with Gasteiger partial charge in [0.2, 0.25) is 5.91 Å². The van der Waals surface area contributed by atoms with Gasteiger partial charge in [-0.25, -0.2) is 0 Å². The summed E-state index contributed by atoms with van der Waals surface area (Å²) in [6, 6.07) is -0.637. The summed E-state index contributed by atoms with van der Waals surface area (Å²) >= 11 is 0. The van der Waals surface area contributed by atoms with E-state index in [9.17, 15) is 15.0 Å². The molecule has 2 atom stereocenters. The molecular weight excluding hydrogens is 639 g/mol. The van der Waals surface area contributed by atoms with E-state index in [-0.39, 0.29) is 12.5 Å².